The van der Waals surface area contributed by atoms with Gasteiger partial charge in [-0.3, -0.25) is 9.48 Å². The maximum absolute atomic E-state index is 12.1. The minimum atomic E-state index is -0.870. The summed E-state index contributed by atoms with van der Waals surface area (Å²) in [6.45, 7) is 4.42. The maximum atomic E-state index is 12.1. The van der Waals surface area contributed by atoms with E-state index in [9.17, 15) is 9.90 Å². The van der Waals surface area contributed by atoms with Crippen molar-refractivity contribution in [3.05, 3.63) is 29.5 Å². The summed E-state index contributed by atoms with van der Waals surface area (Å²) in [4.78, 5) is 12.1. The lowest BCUT2D eigenvalue weighted by atomic mass is 9.75. The molecule has 158 valence electrons. The molecule has 1 aromatic carbocycles. The summed E-state index contributed by atoms with van der Waals surface area (Å²) in [5.41, 5.74) is 2.40. The standard InChI is InChI=1S/C24H34N2O3/c1-3-21-20-11-10-18(16-22(20)26(25-21)19-8-6-5-7-9-19)24(28)14-12-17(13-15-24)23(27)29-4-2/h10-11,16-17,19,28H,3-9,12-15H2,1-2H3. The molecule has 2 aliphatic rings. The van der Waals surface area contributed by atoms with Gasteiger partial charge >= 0.3 is 5.97 Å². The zero-order valence-electron chi connectivity index (χ0n) is 17.8. The Labute approximate surface area is 173 Å². The van der Waals surface area contributed by atoms with Crippen LogP contribution in [0.3, 0.4) is 0 Å². The van der Waals surface area contributed by atoms with E-state index in [1.54, 1.807) is 0 Å². The molecular weight excluding hydrogens is 364 g/mol. The van der Waals surface area contributed by atoms with Crippen LogP contribution in [0.4, 0.5) is 0 Å². The first-order valence-electron chi connectivity index (χ1n) is 11.5. The van der Waals surface area contributed by atoms with Gasteiger partial charge in [0.15, 0.2) is 0 Å². The molecule has 2 aliphatic carbocycles. The predicted octanol–water partition coefficient (Wildman–Crippen LogP) is 5.04. The number of esters is 1. The highest BCUT2D eigenvalue weighted by atomic mass is 16.5. The smallest absolute Gasteiger partial charge is 0.308 e. The Hall–Kier alpha value is -1.88. The van der Waals surface area contributed by atoms with Gasteiger partial charge in [0.05, 0.1) is 35.4 Å². The molecule has 0 atom stereocenters. The summed E-state index contributed by atoms with van der Waals surface area (Å²) in [5.74, 6) is -0.202. The Kier molecular flexibility index (Phi) is 5.95. The van der Waals surface area contributed by atoms with Crippen LogP contribution in [0.1, 0.15) is 88.9 Å². The second-order valence-corrected chi connectivity index (χ2v) is 8.83. The number of ether oxygens (including phenoxy) is 1. The summed E-state index contributed by atoms with van der Waals surface area (Å²) >= 11 is 0. The van der Waals surface area contributed by atoms with E-state index < -0.39 is 5.60 Å². The Morgan fingerprint density at radius 3 is 2.55 bits per heavy atom. The van der Waals surface area contributed by atoms with Crippen molar-refractivity contribution in [2.45, 2.75) is 89.7 Å². The lowest BCUT2D eigenvalue weighted by Gasteiger charge is -2.35. The van der Waals surface area contributed by atoms with Gasteiger partial charge in [-0.25, -0.2) is 0 Å². The van der Waals surface area contributed by atoms with E-state index in [4.69, 9.17) is 9.84 Å². The zero-order chi connectivity index (χ0) is 20.4. The molecule has 1 N–H and O–H groups in total. The van der Waals surface area contributed by atoms with Crippen LogP contribution in [0, 0.1) is 5.92 Å². The van der Waals surface area contributed by atoms with Crippen molar-refractivity contribution in [2.75, 3.05) is 6.61 Å². The summed E-state index contributed by atoms with van der Waals surface area (Å²) in [6.07, 6.45) is 9.71. The third kappa shape index (κ3) is 3.94. The van der Waals surface area contributed by atoms with Crippen molar-refractivity contribution in [1.29, 1.82) is 0 Å². The van der Waals surface area contributed by atoms with Crippen molar-refractivity contribution < 1.29 is 14.6 Å². The highest BCUT2D eigenvalue weighted by molar-refractivity contribution is 5.83. The van der Waals surface area contributed by atoms with Crippen LogP contribution in [-0.2, 0) is 21.6 Å². The van der Waals surface area contributed by atoms with Crippen LogP contribution in [0.15, 0.2) is 18.2 Å². The summed E-state index contributed by atoms with van der Waals surface area (Å²) in [7, 11) is 0. The van der Waals surface area contributed by atoms with Gasteiger partial charge in [0, 0.05) is 5.39 Å². The molecule has 29 heavy (non-hydrogen) atoms. The summed E-state index contributed by atoms with van der Waals surface area (Å²) < 4.78 is 7.42. The topological polar surface area (TPSA) is 64.3 Å². The summed E-state index contributed by atoms with van der Waals surface area (Å²) in [5, 5.41) is 17.6. The van der Waals surface area contributed by atoms with Crippen LogP contribution in [-0.4, -0.2) is 27.5 Å². The third-order valence-corrected chi connectivity index (χ3v) is 7.01. The number of rotatable bonds is 5. The number of carbonyl (C=O) groups excluding carboxylic acids is 1. The lowest BCUT2D eigenvalue weighted by Crippen LogP contribution is -2.34. The van der Waals surface area contributed by atoms with Crippen LogP contribution in [0.25, 0.3) is 10.9 Å². The number of hydrogen-bond acceptors (Lipinski definition) is 4. The first kappa shape index (κ1) is 20.4. The second kappa shape index (κ2) is 8.47. The van der Waals surface area contributed by atoms with Gasteiger partial charge in [0.25, 0.3) is 0 Å². The van der Waals surface area contributed by atoms with Gasteiger partial charge in [-0.2, -0.15) is 5.10 Å². The van der Waals surface area contributed by atoms with Gasteiger partial charge in [0.2, 0.25) is 0 Å². The first-order chi connectivity index (χ1) is 14.1. The monoisotopic (exact) mass is 398 g/mol. The van der Waals surface area contributed by atoms with E-state index in [1.807, 2.05) is 6.92 Å². The van der Waals surface area contributed by atoms with Gasteiger partial charge in [-0.15, -0.1) is 0 Å². The van der Waals surface area contributed by atoms with E-state index >= 15 is 0 Å². The molecule has 2 fully saturated rings. The molecule has 0 spiro atoms. The van der Waals surface area contributed by atoms with E-state index in [2.05, 4.69) is 29.8 Å². The third-order valence-electron chi connectivity index (χ3n) is 7.01. The van der Waals surface area contributed by atoms with Crippen molar-refractivity contribution in [3.63, 3.8) is 0 Å². The lowest BCUT2D eigenvalue weighted by molar-refractivity contribution is -0.151. The molecule has 1 heterocycles. The summed E-state index contributed by atoms with van der Waals surface area (Å²) in [6, 6.07) is 6.85. The molecule has 0 aliphatic heterocycles. The fourth-order valence-corrected chi connectivity index (χ4v) is 5.24. The number of nitrogens with zero attached hydrogens (tertiary/aromatic N) is 2. The van der Waals surface area contributed by atoms with Crippen molar-refractivity contribution in [1.82, 2.24) is 9.78 Å². The minimum Gasteiger partial charge on any atom is -0.466 e. The first-order valence-corrected chi connectivity index (χ1v) is 11.5. The van der Waals surface area contributed by atoms with E-state index in [-0.39, 0.29) is 11.9 Å². The number of hydrogen-bond donors (Lipinski definition) is 1. The van der Waals surface area contributed by atoms with Crippen molar-refractivity contribution >= 4 is 16.9 Å². The Morgan fingerprint density at radius 2 is 1.90 bits per heavy atom. The average Bonchev–Trinajstić information content (AvgIpc) is 3.13. The number of fused-ring (bicyclic) bond motifs is 1. The van der Waals surface area contributed by atoms with E-state index in [1.165, 1.54) is 37.5 Å². The van der Waals surface area contributed by atoms with Crippen LogP contribution in [0.5, 0.6) is 0 Å². The molecule has 0 amide bonds. The van der Waals surface area contributed by atoms with Gasteiger partial charge in [-0.1, -0.05) is 38.3 Å². The Bertz CT molecular complexity index is 858. The number of aliphatic hydroxyl groups is 1. The molecule has 4 rings (SSSR count). The quantitative estimate of drug-likeness (QED) is 0.716. The van der Waals surface area contributed by atoms with E-state index in [0.717, 1.165) is 23.2 Å². The Balaban J connectivity index is 1.62. The molecule has 1 aromatic heterocycles. The number of carbonyl (C=O) groups is 1. The minimum absolute atomic E-state index is 0.0848. The number of aryl methyl sites for hydroxylation is 1. The SMILES string of the molecule is CCOC(=O)C1CCC(O)(c2ccc3c(CC)nn(C4CCCCC4)c3c2)CC1. The normalized spacial score (nSPS) is 26.0. The molecule has 0 radical (unpaired) electrons. The van der Waals surface area contributed by atoms with Gasteiger partial charge < -0.3 is 9.84 Å². The molecule has 0 saturated heterocycles. The van der Waals surface area contributed by atoms with Crippen LogP contribution < -0.4 is 0 Å². The van der Waals surface area contributed by atoms with Crippen molar-refractivity contribution in [2.24, 2.45) is 5.92 Å². The number of aromatic nitrogens is 2. The molecule has 0 unspecified atom stereocenters. The predicted molar refractivity (Wildman–Crippen MR) is 114 cm³/mol. The van der Waals surface area contributed by atoms with Crippen LogP contribution in [0.2, 0.25) is 0 Å². The highest BCUT2D eigenvalue weighted by Gasteiger charge is 2.38. The fourth-order valence-electron chi connectivity index (χ4n) is 5.24. The van der Waals surface area contributed by atoms with E-state index in [0.29, 0.717) is 38.3 Å². The van der Waals surface area contributed by atoms with Gasteiger partial charge in [-0.05, 0) is 63.5 Å². The Morgan fingerprint density at radius 1 is 1.17 bits per heavy atom. The zero-order valence-corrected chi connectivity index (χ0v) is 17.8. The second-order valence-electron chi connectivity index (χ2n) is 8.83. The molecule has 0 bridgehead atoms. The van der Waals surface area contributed by atoms with Crippen molar-refractivity contribution in [3.8, 4) is 0 Å². The molecule has 5 heteroatoms. The molecular formula is C24H34N2O3. The van der Waals surface area contributed by atoms with Gasteiger partial charge in [0.1, 0.15) is 0 Å². The largest absolute Gasteiger partial charge is 0.466 e. The average molecular weight is 399 g/mol. The maximum Gasteiger partial charge on any atom is 0.308 e. The molecule has 2 aromatic rings. The number of benzene rings is 1. The van der Waals surface area contributed by atoms with Crippen LogP contribution >= 0.6 is 0 Å². The fraction of sp³-hybridized carbons (Fsp3) is 0.667. The highest BCUT2D eigenvalue weighted by Crippen LogP contribution is 2.41. The molecule has 5 nitrogen and oxygen atoms in total. The molecule has 2 saturated carbocycles.